The summed E-state index contributed by atoms with van der Waals surface area (Å²) in [6, 6.07) is 5.18. The van der Waals surface area contributed by atoms with E-state index in [1.54, 1.807) is 18.3 Å². The number of benzene rings is 1. The Kier molecular flexibility index (Phi) is 5.09. The first-order valence-corrected chi connectivity index (χ1v) is 9.72. The molecule has 0 N–H and O–H groups in total. The standard InChI is InChI=1S/C19H20N2O5S/c1-12-9-20-18(27-12)14-6-15(19(23)26-24-11-22)8-16(7-14)25-17-10-21-4-2-13(17)3-5-21/h6-9,11,13,17H,2-5,10H2,1H3/t17-/m0/s1. The number of aromatic nitrogens is 1. The Labute approximate surface area is 160 Å². The van der Waals surface area contributed by atoms with Gasteiger partial charge in [0, 0.05) is 23.2 Å². The third-order valence-corrected chi connectivity index (χ3v) is 6.02. The smallest absolute Gasteiger partial charge is 0.386 e. The molecule has 0 spiro atoms. The van der Waals surface area contributed by atoms with Crippen LogP contribution >= 0.6 is 11.3 Å². The second kappa shape index (κ2) is 7.66. The number of thiazole rings is 1. The number of hydrogen-bond donors (Lipinski definition) is 0. The van der Waals surface area contributed by atoms with Crippen LogP contribution < -0.4 is 4.74 Å². The molecule has 0 radical (unpaired) electrons. The third-order valence-electron chi connectivity index (χ3n) is 5.06. The summed E-state index contributed by atoms with van der Waals surface area (Å²) < 4.78 is 6.27. The molecule has 0 unspecified atom stereocenters. The molecule has 0 aliphatic carbocycles. The fourth-order valence-corrected chi connectivity index (χ4v) is 4.48. The zero-order chi connectivity index (χ0) is 18.8. The van der Waals surface area contributed by atoms with Gasteiger partial charge in [-0.3, -0.25) is 14.6 Å². The number of piperidine rings is 3. The molecule has 0 amide bonds. The number of rotatable bonds is 6. The van der Waals surface area contributed by atoms with E-state index in [9.17, 15) is 9.59 Å². The lowest BCUT2D eigenvalue weighted by atomic mass is 9.86. The molecule has 2 bridgehead atoms. The highest BCUT2D eigenvalue weighted by Gasteiger charge is 2.35. The van der Waals surface area contributed by atoms with Gasteiger partial charge >= 0.3 is 12.4 Å². The van der Waals surface area contributed by atoms with Crippen molar-refractivity contribution in [3.63, 3.8) is 0 Å². The van der Waals surface area contributed by atoms with E-state index < -0.39 is 5.97 Å². The predicted octanol–water partition coefficient (Wildman–Crippen LogP) is 2.84. The van der Waals surface area contributed by atoms with Gasteiger partial charge in [-0.1, -0.05) is 0 Å². The van der Waals surface area contributed by atoms with Crippen LogP contribution in [-0.2, 0) is 14.6 Å². The van der Waals surface area contributed by atoms with Gasteiger partial charge in [-0.05, 0) is 57.0 Å². The van der Waals surface area contributed by atoms with Crippen LogP contribution in [0.3, 0.4) is 0 Å². The summed E-state index contributed by atoms with van der Waals surface area (Å²) in [5.41, 5.74) is 1.02. The van der Waals surface area contributed by atoms with Gasteiger partial charge in [-0.15, -0.1) is 11.3 Å². The van der Waals surface area contributed by atoms with Crippen molar-refractivity contribution < 1.29 is 24.1 Å². The van der Waals surface area contributed by atoms with Gasteiger partial charge in [0.2, 0.25) is 0 Å². The molecule has 1 atom stereocenters. The highest BCUT2D eigenvalue weighted by Crippen LogP contribution is 2.34. The zero-order valence-corrected chi connectivity index (χ0v) is 15.7. The summed E-state index contributed by atoms with van der Waals surface area (Å²) in [6.45, 7) is 5.20. The SMILES string of the molecule is Cc1cnc(-c2cc(O[C@H]3CN4CCC3CC4)cc(C(=O)OOC=O)c2)s1. The van der Waals surface area contributed by atoms with E-state index in [4.69, 9.17) is 4.74 Å². The first kappa shape index (κ1) is 17.9. The molecule has 2 aromatic rings. The fourth-order valence-electron chi connectivity index (χ4n) is 3.73. The normalized spacial score (nSPS) is 23.7. The van der Waals surface area contributed by atoms with Crippen molar-refractivity contribution in [2.24, 2.45) is 5.92 Å². The molecule has 142 valence electrons. The van der Waals surface area contributed by atoms with Crippen LogP contribution in [0.4, 0.5) is 0 Å². The van der Waals surface area contributed by atoms with E-state index in [0.29, 0.717) is 11.7 Å². The summed E-state index contributed by atoms with van der Waals surface area (Å²) in [5, 5.41) is 0.789. The number of ether oxygens (including phenoxy) is 1. The van der Waals surface area contributed by atoms with Crippen LogP contribution in [0.1, 0.15) is 28.1 Å². The maximum atomic E-state index is 12.2. The van der Waals surface area contributed by atoms with E-state index in [-0.39, 0.29) is 18.1 Å². The average molecular weight is 388 g/mol. The van der Waals surface area contributed by atoms with Crippen LogP contribution in [0.2, 0.25) is 0 Å². The summed E-state index contributed by atoms with van der Waals surface area (Å²) >= 11 is 1.53. The van der Waals surface area contributed by atoms with Crippen molar-refractivity contribution in [2.45, 2.75) is 25.9 Å². The van der Waals surface area contributed by atoms with Crippen molar-refractivity contribution in [3.05, 3.63) is 34.8 Å². The molecule has 4 heterocycles. The van der Waals surface area contributed by atoms with Gasteiger partial charge in [0.15, 0.2) is 0 Å². The largest absolute Gasteiger partial charge is 0.489 e. The topological polar surface area (TPSA) is 78.0 Å². The minimum atomic E-state index is -0.754. The van der Waals surface area contributed by atoms with Crippen LogP contribution in [0.15, 0.2) is 24.4 Å². The van der Waals surface area contributed by atoms with Crippen LogP contribution in [0, 0.1) is 12.8 Å². The van der Waals surface area contributed by atoms with E-state index in [1.165, 1.54) is 11.3 Å². The van der Waals surface area contributed by atoms with Gasteiger partial charge in [-0.25, -0.2) is 14.7 Å². The average Bonchev–Trinajstić information content (AvgIpc) is 3.13. The van der Waals surface area contributed by atoms with Crippen LogP contribution in [0.5, 0.6) is 5.75 Å². The molecular formula is C19H20N2O5S. The summed E-state index contributed by atoms with van der Waals surface area (Å²) in [7, 11) is 0. The second-order valence-electron chi connectivity index (χ2n) is 6.88. The first-order chi connectivity index (χ1) is 13.1. The van der Waals surface area contributed by atoms with Crippen molar-refractivity contribution in [3.8, 4) is 16.3 Å². The minimum Gasteiger partial charge on any atom is -0.489 e. The van der Waals surface area contributed by atoms with Crippen molar-refractivity contribution in [2.75, 3.05) is 19.6 Å². The van der Waals surface area contributed by atoms with E-state index in [2.05, 4.69) is 19.7 Å². The Bertz CT molecular complexity index is 844. The molecule has 27 heavy (non-hydrogen) atoms. The van der Waals surface area contributed by atoms with Gasteiger partial charge < -0.3 is 4.74 Å². The molecule has 3 saturated heterocycles. The van der Waals surface area contributed by atoms with E-state index in [1.807, 2.05) is 13.0 Å². The molecule has 8 heteroatoms. The Morgan fingerprint density at radius 3 is 2.74 bits per heavy atom. The van der Waals surface area contributed by atoms with E-state index in [0.717, 1.165) is 47.9 Å². The molecule has 7 nitrogen and oxygen atoms in total. The van der Waals surface area contributed by atoms with Crippen LogP contribution in [-0.4, -0.2) is 48.1 Å². The monoisotopic (exact) mass is 388 g/mol. The number of nitrogens with zero attached hydrogens (tertiary/aromatic N) is 2. The first-order valence-electron chi connectivity index (χ1n) is 8.90. The summed E-state index contributed by atoms with van der Waals surface area (Å²) in [5.74, 6) is 0.378. The molecule has 0 saturated carbocycles. The van der Waals surface area contributed by atoms with Gasteiger partial charge in [0.05, 0.1) is 5.56 Å². The van der Waals surface area contributed by atoms with Gasteiger partial charge in [-0.2, -0.15) is 0 Å². The number of carbonyl (C=O) groups excluding carboxylic acids is 2. The lowest BCUT2D eigenvalue weighted by Gasteiger charge is -2.44. The predicted molar refractivity (Wildman–Crippen MR) is 98.4 cm³/mol. The number of aryl methyl sites for hydroxylation is 1. The Balaban J connectivity index is 1.63. The number of carbonyl (C=O) groups is 2. The summed E-state index contributed by atoms with van der Waals surface area (Å²) in [6.07, 6.45) is 4.17. The Morgan fingerprint density at radius 1 is 1.30 bits per heavy atom. The number of hydrogen-bond acceptors (Lipinski definition) is 8. The minimum absolute atomic E-state index is 0.0660. The van der Waals surface area contributed by atoms with Crippen molar-refractivity contribution >= 4 is 23.8 Å². The molecule has 1 aromatic heterocycles. The molecule has 5 rings (SSSR count). The lowest BCUT2D eigenvalue weighted by molar-refractivity contribution is -0.218. The molecular weight excluding hydrogens is 368 g/mol. The fraction of sp³-hybridized carbons (Fsp3) is 0.421. The highest BCUT2D eigenvalue weighted by atomic mass is 32.1. The Hall–Kier alpha value is -2.45. The maximum absolute atomic E-state index is 12.2. The highest BCUT2D eigenvalue weighted by molar-refractivity contribution is 7.14. The Morgan fingerprint density at radius 2 is 2.11 bits per heavy atom. The van der Waals surface area contributed by atoms with Crippen molar-refractivity contribution in [1.82, 2.24) is 9.88 Å². The lowest BCUT2D eigenvalue weighted by Crippen LogP contribution is -2.52. The third kappa shape index (κ3) is 3.96. The number of fused-ring (bicyclic) bond motifs is 3. The molecule has 3 fully saturated rings. The van der Waals surface area contributed by atoms with Gasteiger partial charge in [0.25, 0.3) is 0 Å². The molecule has 1 aromatic carbocycles. The van der Waals surface area contributed by atoms with Crippen LogP contribution in [0.25, 0.3) is 10.6 Å². The molecule has 3 aliphatic rings. The quantitative estimate of drug-likeness (QED) is 0.428. The van der Waals surface area contributed by atoms with Crippen molar-refractivity contribution in [1.29, 1.82) is 0 Å². The maximum Gasteiger partial charge on any atom is 0.386 e. The summed E-state index contributed by atoms with van der Waals surface area (Å²) in [4.78, 5) is 39.0. The van der Waals surface area contributed by atoms with E-state index >= 15 is 0 Å². The van der Waals surface area contributed by atoms with Gasteiger partial charge in [0.1, 0.15) is 16.9 Å². The zero-order valence-electron chi connectivity index (χ0n) is 14.9. The second-order valence-corrected chi connectivity index (χ2v) is 8.11. The molecule has 3 aliphatic heterocycles.